The maximum absolute atomic E-state index is 12.2. The second-order valence-electron chi connectivity index (χ2n) is 6.18. The second kappa shape index (κ2) is 4.87. The zero-order chi connectivity index (χ0) is 14.2. The Labute approximate surface area is 114 Å². The highest BCUT2D eigenvalue weighted by atomic mass is 16.6. The SMILES string of the molecule is Cc1nn(C)cc1C1CCCN1C(=O)OC(C)(C)C. The molecule has 1 atom stereocenters. The molecule has 1 unspecified atom stereocenters. The summed E-state index contributed by atoms with van der Waals surface area (Å²) in [6.45, 7) is 8.43. The molecule has 5 heteroatoms. The smallest absolute Gasteiger partial charge is 0.410 e. The number of hydrogen-bond donors (Lipinski definition) is 0. The van der Waals surface area contributed by atoms with Crippen LogP contribution in [0.3, 0.4) is 0 Å². The minimum absolute atomic E-state index is 0.101. The van der Waals surface area contributed by atoms with Gasteiger partial charge in [0.25, 0.3) is 0 Å². The maximum atomic E-state index is 12.2. The molecule has 1 amide bonds. The van der Waals surface area contributed by atoms with Crippen molar-refractivity contribution in [3.63, 3.8) is 0 Å². The summed E-state index contributed by atoms with van der Waals surface area (Å²) < 4.78 is 7.28. The molecule has 1 aromatic heterocycles. The minimum atomic E-state index is -0.450. The van der Waals surface area contributed by atoms with Gasteiger partial charge in [-0.1, -0.05) is 0 Å². The van der Waals surface area contributed by atoms with Gasteiger partial charge in [-0.05, 0) is 40.5 Å². The number of aromatic nitrogens is 2. The predicted molar refractivity (Wildman–Crippen MR) is 72.9 cm³/mol. The Morgan fingerprint density at radius 3 is 2.68 bits per heavy atom. The van der Waals surface area contributed by atoms with Gasteiger partial charge in [0.05, 0.1) is 11.7 Å². The Morgan fingerprint density at radius 1 is 1.47 bits per heavy atom. The lowest BCUT2D eigenvalue weighted by atomic mass is 10.1. The second-order valence-corrected chi connectivity index (χ2v) is 6.18. The lowest BCUT2D eigenvalue weighted by Crippen LogP contribution is -2.36. The molecule has 0 spiro atoms. The lowest BCUT2D eigenvalue weighted by molar-refractivity contribution is 0.0224. The number of hydrogen-bond acceptors (Lipinski definition) is 3. The van der Waals surface area contributed by atoms with E-state index in [0.29, 0.717) is 0 Å². The number of aryl methyl sites for hydroxylation is 2. The fraction of sp³-hybridized carbons (Fsp3) is 0.714. The summed E-state index contributed by atoms with van der Waals surface area (Å²) in [4.78, 5) is 14.1. The highest BCUT2D eigenvalue weighted by Crippen LogP contribution is 2.34. The van der Waals surface area contributed by atoms with Crippen LogP contribution in [-0.2, 0) is 11.8 Å². The number of likely N-dealkylation sites (tertiary alicyclic amines) is 1. The first-order chi connectivity index (χ1) is 8.78. The van der Waals surface area contributed by atoms with Crippen molar-refractivity contribution in [2.45, 2.75) is 52.2 Å². The summed E-state index contributed by atoms with van der Waals surface area (Å²) in [5.74, 6) is 0. The Hall–Kier alpha value is -1.52. The first kappa shape index (κ1) is 13.9. The van der Waals surface area contributed by atoms with Crippen molar-refractivity contribution in [3.8, 4) is 0 Å². The average molecular weight is 265 g/mol. The molecule has 1 saturated heterocycles. The molecular weight excluding hydrogens is 242 g/mol. The molecule has 1 aliphatic heterocycles. The summed E-state index contributed by atoms with van der Waals surface area (Å²) >= 11 is 0. The zero-order valence-electron chi connectivity index (χ0n) is 12.4. The number of rotatable bonds is 1. The van der Waals surface area contributed by atoms with Crippen molar-refractivity contribution in [1.29, 1.82) is 0 Å². The van der Waals surface area contributed by atoms with Gasteiger partial charge in [0.2, 0.25) is 0 Å². The Bertz CT molecular complexity index is 474. The quantitative estimate of drug-likeness (QED) is 0.784. The van der Waals surface area contributed by atoms with Gasteiger partial charge in [0.1, 0.15) is 5.60 Å². The van der Waals surface area contributed by atoms with Gasteiger partial charge in [-0.2, -0.15) is 5.10 Å². The molecule has 0 radical (unpaired) electrons. The zero-order valence-corrected chi connectivity index (χ0v) is 12.4. The van der Waals surface area contributed by atoms with Crippen molar-refractivity contribution in [2.75, 3.05) is 6.54 Å². The Morgan fingerprint density at radius 2 is 2.16 bits per heavy atom. The fourth-order valence-electron chi connectivity index (χ4n) is 2.57. The van der Waals surface area contributed by atoms with Crippen molar-refractivity contribution in [3.05, 3.63) is 17.5 Å². The highest BCUT2D eigenvalue weighted by molar-refractivity contribution is 5.69. The van der Waals surface area contributed by atoms with Gasteiger partial charge in [0, 0.05) is 25.4 Å². The molecule has 0 bridgehead atoms. The lowest BCUT2D eigenvalue weighted by Gasteiger charge is -2.28. The van der Waals surface area contributed by atoms with E-state index >= 15 is 0 Å². The van der Waals surface area contributed by atoms with Crippen LogP contribution in [0.25, 0.3) is 0 Å². The van der Waals surface area contributed by atoms with E-state index in [1.807, 2.05) is 45.8 Å². The van der Waals surface area contributed by atoms with E-state index in [1.54, 1.807) is 4.68 Å². The van der Waals surface area contributed by atoms with Gasteiger partial charge in [-0.15, -0.1) is 0 Å². The average Bonchev–Trinajstić information content (AvgIpc) is 2.81. The molecule has 1 aromatic rings. The van der Waals surface area contributed by atoms with Gasteiger partial charge in [-0.25, -0.2) is 4.79 Å². The summed E-state index contributed by atoms with van der Waals surface area (Å²) in [7, 11) is 1.91. The van der Waals surface area contributed by atoms with Crippen LogP contribution in [0.5, 0.6) is 0 Å². The van der Waals surface area contributed by atoms with Crippen molar-refractivity contribution < 1.29 is 9.53 Å². The van der Waals surface area contributed by atoms with Gasteiger partial charge < -0.3 is 9.64 Å². The van der Waals surface area contributed by atoms with Crippen molar-refractivity contribution >= 4 is 6.09 Å². The molecule has 0 aliphatic carbocycles. The van der Waals surface area contributed by atoms with Crippen LogP contribution in [0.1, 0.15) is 50.9 Å². The van der Waals surface area contributed by atoms with Crippen LogP contribution in [-0.4, -0.2) is 32.9 Å². The van der Waals surface area contributed by atoms with Crippen LogP contribution in [0.2, 0.25) is 0 Å². The molecule has 2 heterocycles. The monoisotopic (exact) mass is 265 g/mol. The van der Waals surface area contributed by atoms with E-state index in [0.717, 1.165) is 30.6 Å². The standard InChI is InChI=1S/C14H23N3O2/c1-10-11(9-16(5)15-10)12-7-6-8-17(12)13(18)19-14(2,3)4/h9,12H,6-8H2,1-5H3. The molecule has 0 N–H and O–H groups in total. The maximum Gasteiger partial charge on any atom is 0.410 e. The van der Waals surface area contributed by atoms with Gasteiger partial charge >= 0.3 is 6.09 Å². The number of amides is 1. The topological polar surface area (TPSA) is 47.4 Å². The first-order valence-electron chi connectivity index (χ1n) is 6.78. The molecular formula is C14H23N3O2. The summed E-state index contributed by atoms with van der Waals surface area (Å²) in [6.07, 6.45) is 3.77. The predicted octanol–water partition coefficient (Wildman–Crippen LogP) is 2.80. The van der Waals surface area contributed by atoms with Crippen molar-refractivity contribution in [1.82, 2.24) is 14.7 Å². The first-order valence-corrected chi connectivity index (χ1v) is 6.78. The number of ether oxygens (including phenoxy) is 1. The molecule has 5 nitrogen and oxygen atoms in total. The van der Waals surface area contributed by atoms with E-state index < -0.39 is 5.60 Å². The Kier molecular flexibility index (Phi) is 3.56. The van der Waals surface area contributed by atoms with Crippen LogP contribution in [0, 0.1) is 6.92 Å². The normalized spacial score (nSPS) is 19.8. The van der Waals surface area contributed by atoms with Crippen LogP contribution in [0.15, 0.2) is 6.20 Å². The van der Waals surface area contributed by atoms with Gasteiger partial charge in [0.15, 0.2) is 0 Å². The summed E-state index contributed by atoms with van der Waals surface area (Å²) in [5.41, 5.74) is 1.67. The molecule has 1 aliphatic rings. The number of carbonyl (C=O) groups excluding carboxylic acids is 1. The van der Waals surface area contributed by atoms with Crippen LogP contribution in [0.4, 0.5) is 4.79 Å². The van der Waals surface area contributed by atoms with Crippen LogP contribution < -0.4 is 0 Å². The third-order valence-electron chi connectivity index (χ3n) is 3.29. The van der Waals surface area contributed by atoms with Crippen LogP contribution >= 0.6 is 0 Å². The highest BCUT2D eigenvalue weighted by Gasteiger charge is 2.34. The largest absolute Gasteiger partial charge is 0.444 e. The third kappa shape index (κ3) is 3.08. The Balaban J connectivity index is 2.17. The third-order valence-corrected chi connectivity index (χ3v) is 3.29. The van der Waals surface area contributed by atoms with E-state index in [9.17, 15) is 4.79 Å². The summed E-state index contributed by atoms with van der Waals surface area (Å²) in [5, 5.41) is 4.36. The molecule has 19 heavy (non-hydrogen) atoms. The minimum Gasteiger partial charge on any atom is -0.444 e. The van der Waals surface area contributed by atoms with E-state index in [-0.39, 0.29) is 12.1 Å². The van der Waals surface area contributed by atoms with E-state index in [2.05, 4.69) is 5.10 Å². The molecule has 0 saturated carbocycles. The summed E-state index contributed by atoms with van der Waals surface area (Å²) in [6, 6.07) is 0.101. The fourth-order valence-corrected chi connectivity index (χ4v) is 2.57. The molecule has 1 fully saturated rings. The number of carbonyl (C=O) groups is 1. The van der Waals surface area contributed by atoms with E-state index in [1.165, 1.54) is 0 Å². The van der Waals surface area contributed by atoms with Crippen molar-refractivity contribution in [2.24, 2.45) is 7.05 Å². The molecule has 0 aromatic carbocycles. The van der Waals surface area contributed by atoms with Gasteiger partial charge in [-0.3, -0.25) is 4.68 Å². The molecule has 106 valence electrons. The molecule has 2 rings (SSSR count). The number of nitrogens with zero attached hydrogens (tertiary/aromatic N) is 3. The van der Waals surface area contributed by atoms with E-state index in [4.69, 9.17) is 4.74 Å².